The molecule has 0 aromatic carbocycles. The molecule has 0 saturated heterocycles. The van der Waals surface area contributed by atoms with Crippen LogP contribution in [-0.4, -0.2) is 22.7 Å². The van der Waals surface area contributed by atoms with Crippen molar-refractivity contribution in [2.75, 3.05) is 6.61 Å². The van der Waals surface area contributed by atoms with Crippen LogP contribution >= 0.6 is 0 Å². The van der Waals surface area contributed by atoms with Crippen molar-refractivity contribution >= 4 is 0 Å². The van der Waals surface area contributed by atoms with Gasteiger partial charge < -0.3 is 10.8 Å². The zero-order valence-electron chi connectivity index (χ0n) is 6.52. The van der Waals surface area contributed by atoms with E-state index in [0.717, 1.165) is 0 Å². The van der Waals surface area contributed by atoms with E-state index in [-0.39, 0.29) is 12.3 Å². The van der Waals surface area contributed by atoms with Crippen molar-refractivity contribution in [2.24, 2.45) is 5.73 Å². The van der Waals surface area contributed by atoms with Gasteiger partial charge in [-0.3, -0.25) is 4.98 Å². The quantitative estimate of drug-likeness (QED) is 0.690. The zero-order valence-corrected chi connectivity index (χ0v) is 6.52. The molecule has 12 heavy (non-hydrogen) atoms. The van der Waals surface area contributed by atoms with Gasteiger partial charge in [0.2, 0.25) is 0 Å². The summed E-state index contributed by atoms with van der Waals surface area (Å²) in [6, 6.07) is 4.03. The van der Waals surface area contributed by atoms with E-state index in [4.69, 9.17) is 10.8 Å². The van der Waals surface area contributed by atoms with E-state index >= 15 is 0 Å². The Balaban J connectivity index is 2.71. The Bertz CT molecular complexity index is 230. The van der Waals surface area contributed by atoms with Gasteiger partial charge in [0.15, 0.2) is 6.17 Å². The van der Waals surface area contributed by atoms with Gasteiger partial charge in [-0.25, -0.2) is 4.39 Å². The largest absolute Gasteiger partial charge is 0.395 e. The number of nitrogens with zero attached hydrogens (tertiary/aromatic N) is 1. The van der Waals surface area contributed by atoms with Gasteiger partial charge in [0.05, 0.1) is 18.3 Å². The van der Waals surface area contributed by atoms with Crippen molar-refractivity contribution < 1.29 is 9.50 Å². The average Bonchev–Trinajstić information content (AvgIpc) is 2.17. The number of pyridine rings is 1. The minimum absolute atomic E-state index is 0.263. The lowest BCUT2D eigenvalue weighted by atomic mass is 10.1. The number of rotatable bonds is 3. The highest BCUT2D eigenvalue weighted by Crippen LogP contribution is 2.16. The third-order valence-corrected chi connectivity index (χ3v) is 1.56. The van der Waals surface area contributed by atoms with Crippen molar-refractivity contribution in [1.29, 1.82) is 0 Å². The van der Waals surface area contributed by atoms with Crippen molar-refractivity contribution in [1.82, 2.24) is 4.98 Å². The molecule has 0 aliphatic carbocycles. The molecule has 3 nitrogen and oxygen atoms in total. The fourth-order valence-corrected chi connectivity index (χ4v) is 0.851. The normalized spacial score (nSPS) is 15.6. The molecule has 0 fully saturated rings. The number of aliphatic hydroxyl groups excluding tert-OH is 1. The maximum absolute atomic E-state index is 13.2. The summed E-state index contributed by atoms with van der Waals surface area (Å²) in [6.07, 6.45) is 0.0997. The Morgan fingerprint density at radius 1 is 1.58 bits per heavy atom. The summed E-state index contributed by atoms with van der Waals surface area (Å²) in [5, 5.41) is 8.57. The summed E-state index contributed by atoms with van der Waals surface area (Å²) >= 11 is 0. The van der Waals surface area contributed by atoms with Gasteiger partial charge in [-0.2, -0.15) is 0 Å². The Hall–Kier alpha value is -1.00. The van der Waals surface area contributed by atoms with Crippen molar-refractivity contribution in [2.45, 2.75) is 12.2 Å². The second kappa shape index (κ2) is 4.13. The summed E-state index contributed by atoms with van der Waals surface area (Å²) in [6.45, 7) is -0.377. The molecule has 1 rings (SSSR count). The highest BCUT2D eigenvalue weighted by Gasteiger charge is 2.18. The van der Waals surface area contributed by atoms with E-state index in [1.54, 1.807) is 18.2 Å². The first-order valence-corrected chi connectivity index (χ1v) is 3.67. The third-order valence-electron chi connectivity index (χ3n) is 1.56. The van der Waals surface area contributed by atoms with Crippen LogP contribution in [0.15, 0.2) is 24.4 Å². The van der Waals surface area contributed by atoms with E-state index in [1.165, 1.54) is 6.20 Å². The van der Waals surface area contributed by atoms with Gasteiger partial charge >= 0.3 is 0 Å². The maximum atomic E-state index is 13.2. The lowest BCUT2D eigenvalue weighted by molar-refractivity contribution is 0.187. The number of aromatic nitrogens is 1. The molecule has 1 unspecified atom stereocenters. The van der Waals surface area contributed by atoms with Crippen LogP contribution in [0.25, 0.3) is 0 Å². The molecule has 0 amide bonds. The first kappa shape index (κ1) is 9.09. The fraction of sp³-hybridized carbons (Fsp3) is 0.375. The predicted molar refractivity (Wildman–Crippen MR) is 43.1 cm³/mol. The molecule has 0 spiro atoms. The van der Waals surface area contributed by atoms with Crippen LogP contribution < -0.4 is 5.73 Å². The standard InChI is InChI=1S/C8H11FN2O/c9-8(6(10)5-12)7-3-1-2-4-11-7/h1-4,6,8,12H,5,10H2/t6-,8?/m0/s1. The minimum atomic E-state index is -1.39. The Kier molecular flexibility index (Phi) is 3.13. The van der Waals surface area contributed by atoms with Gasteiger partial charge in [-0.1, -0.05) is 6.07 Å². The molecule has 1 aromatic rings. The fourth-order valence-electron chi connectivity index (χ4n) is 0.851. The average molecular weight is 170 g/mol. The van der Waals surface area contributed by atoms with E-state index in [1.807, 2.05) is 0 Å². The maximum Gasteiger partial charge on any atom is 0.159 e. The SMILES string of the molecule is N[C@@H](CO)C(F)c1ccccn1. The zero-order chi connectivity index (χ0) is 8.97. The highest BCUT2D eigenvalue weighted by atomic mass is 19.1. The van der Waals surface area contributed by atoms with Crippen LogP contribution in [0.5, 0.6) is 0 Å². The first-order chi connectivity index (χ1) is 5.75. The van der Waals surface area contributed by atoms with Crippen LogP contribution in [0.1, 0.15) is 11.9 Å². The van der Waals surface area contributed by atoms with E-state index in [2.05, 4.69) is 4.98 Å². The van der Waals surface area contributed by atoms with Crippen molar-refractivity contribution in [3.05, 3.63) is 30.1 Å². The molecule has 0 aliphatic heterocycles. The van der Waals surface area contributed by atoms with Crippen molar-refractivity contribution in [3.8, 4) is 0 Å². The summed E-state index contributed by atoms with van der Waals surface area (Å²) in [7, 11) is 0. The molecule has 0 saturated carbocycles. The molecule has 1 aromatic heterocycles. The number of hydrogen-bond donors (Lipinski definition) is 2. The molecule has 0 radical (unpaired) electrons. The molecule has 3 N–H and O–H groups in total. The van der Waals surface area contributed by atoms with Crippen LogP contribution in [0.2, 0.25) is 0 Å². The molecule has 0 bridgehead atoms. The number of aliphatic hydroxyl groups is 1. The molecule has 66 valence electrons. The first-order valence-electron chi connectivity index (χ1n) is 3.67. The number of halogens is 1. The summed E-state index contributed by atoms with van der Waals surface area (Å²) < 4.78 is 13.2. The molecule has 4 heteroatoms. The summed E-state index contributed by atoms with van der Waals surface area (Å²) in [4.78, 5) is 3.78. The van der Waals surface area contributed by atoms with Gasteiger partial charge in [-0.05, 0) is 12.1 Å². The van der Waals surface area contributed by atoms with E-state index < -0.39 is 12.2 Å². The van der Waals surface area contributed by atoms with Gasteiger partial charge in [0.25, 0.3) is 0 Å². The second-order valence-corrected chi connectivity index (χ2v) is 2.50. The van der Waals surface area contributed by atoms with Crippen LogP contribution in [-0.2, 0) is 0 Å². The number of alkyl halides is 1. The van der Waals surface area contributed by atoms with Crippen molar-refractivity contribution in [3.63, 3.8) is 0 Å². The molecular formula is C8H11FN2O. The topological polar surface area (TPSA) is 59.1 Å². The van der Waals surface area contributed by atoms with Gasteiger partial charge in [0.1, 0.15) is 0 Å². The number of hydrogen-bond acceptors (Lipinski definition) is 3. The van der Waals surface area contributed by atoms with Crippen LogP contribution in [0, 0.1) is 0 Å². The van der Waals surface area contributed by atoms with E-state index in [9.17, 15) is 4.39 Å². The Labute approximate surface area is 70.0 Å². The lowest BCUT2D eigenvalue weighted by Crippen LogP contribution is -2.30. The lowest BCUT2D eigenvalue weighted by Gasteiger charge is -2.12. The monoisotopic (exact) mass is 170 g/mol. The summed E-state index contributed by atoms with van der Waals surface area (Å²) in [5.41, 5.74) is 5.55. The van der Waals surface area contributed by atoms with Gasteiger partial charge in [-0.15, -0.1) is 0 Å². The third kappa shape index (κ3) is 1.99. The predicted octanol–water partition coefficient (Wildman–Crippen LogP) is 0.412. The van der Waals surface area contributed by atoms with Gasteiger partial charge in [0, 0.05) is 6.20 Å². The summed E-state index contributed by atoms with van der Waals surface area (Å²) in [5.74, 6) is 0. The Morgan fingerprint density at radius 3 is 2.83 bits per heavy atom. The molecule has 1 heterocycles. The minimum Gasteiger partial charge on any atom is -0.395 e. The van der Waals surface area contributed by atoms with Crippen LogP contribution in [0.3, 0.4) is 0 Å². The smallest absolute Gasteiger partial charge is 0.159 e. The number of nitrogens with two attached hydrogens (primary N) is 1. The molecule has 2 atom stereocenters. The van der Waals surface area contributed by atoms with E-state index in [0.29, 0.717) is 0 Å². The molecular weight excluding hydrogens is 159 g/mol. The second-order valence-electron chi connectivity index (χ2n) is 2.50. The van der Waals surface area contributed by atoms with Crippen LogP contribution in [0.4, 0.5) is 4.39 Å². The highest BCUT2D eigenvalue weighted by molar-refractivity contribution is 5.08. The Morgan fingerprint density at radius 2 is 2.33 bits per heavy atom. The molecule has 0 aliphatic rings.